The Morgan fingerprint density at radius 3 is 2.64 bits per heavy atom. The van der Waals surface area contributed by atoms with Crippen molar-refractivity contribution >= 4 is 46.4 Å². The lowest BCUT2D eigenvalue weighted by Crippen LogP contribution is -2.60. The maximum absolute atomic E-state index is 13.4. The molecular weight excluding hydrogens is 520 g/mol. The van der Waals surface area contributed by atoms with E-state index in [4.69, 9.17) is 14.0 Å². The molecule has 11 nitrogen and oxygen atoms in total. The van der Waals surface area contributed by atoms with Crippen molar-refractivity contribution in [3.05, 3.63) is 66.0 Å². The molecule has 5 rings (SSSR count). The highest BCUT2D eigenvalue weighted by Gasteiger charge is 2.32. The molecule has 3 aromatic rings. The van der Waals surface area contributed by atoms with Crippen LogP contribution in [-0.4, -0.2) is 55.3 Å². The molecule has 39 heavy (non-hydrogen) atoms. The van der Waals surface area contributed by atoms with Crippen LogP contribution < -0.4 is 29.3 Å². The van der Waals surface area contributed by atoms with Gasteiger partial charge in [-0.15, -0.1) is 0 Å². The molecule has 3 heterocycles. The molecule has 0 N–H and O–H groups in total. The number of ether oxygens (including phenoxy) is 2. The van der Waals surface area contributed by atoms with Crippen molar-refractivity contribution in [1.82, 2.24) is 5.27 Å². The number of carbonyl (C=O) groups excluding carboxylic acids is 1. The molecule has 2 aliphatic rings. The summed E-state index contributed by atoms with van der Waals surface area (Å²) >= 11 is 1.13. The monoisotopic (exact) mass is 548 g/mol. The topological polar surface area (TPSA) is 120 Å². The minimum atomic E-state index is -0.428. The van der Waals surface area contributed by atoms with E-state index in [9.17, 15) is 9.90 Å². The van der Waals surface area contributed by atoms with Crippen LogP contribution >= 0.6 is 11.8 Å². The van der Waals surface area contributed by atoms with Gasteiger partial charge >= 0.3 is 5.88 Å². The maximum Gasteiger partial charge on any atom is 0.324 e. The molecule has 0 spiro atoms. The van der Waals surface area contributed by atoms with E-state index in [1.165, 1.54) is 11.3 Å². The fourth-order valence-electron chi connectivity index (χ4n) is 4.27. The Kier molecular flexibility index (Phi) is 8.11. The first-order chi connectivity index (χ1) is 19.1. The molecule has 2 aliphatic heterocycles. The van der Waals surface area contributed by atoms with Gasteiger partial charge in [0.2, 0.25) is 5.27 Å². The summed E-state index contributed by atoms with van der Waals surface area (Å²) in [6.45, 7) is 1.76. The smallest absolute Gasteiger partial charge is 0.324 e. The summed E-state index contributed by atoms with van der Waals surface area (Å²) in [5.74, 6) is 0.479. The predicted molar refractivity (Wildman–Crippen MR) is 147 cm³/mol. The van der Waals surface area contributed by atoms with Crippen LogP contribution in [0.5, 0.6) is 11.5 Å². The Morgan fingerprint density at radius 2 is 1.90 bits per heavy atom. The highest BCUT2D eigenvalue weighted by molar-refractivity contribution is 8.14. The molecule has 0 radical (unpaired) electrons. The lowest BCUT2D eigenvalue weighted by Gasteiger charge is -2.18. The average molecular weight is 549 g/mol. The molecule has 0 bridgehead atoms. The van der Waals surface area contributed by atoms with E-state index in [1.807, 2.05) is 41.4 Å². The number of benzene rings is 2. The van der Waals surface area contributed by atoms with Crippen molar-refractivity contribution in [2.45, 2.75) is 19.3 Å². The fraction of sp³-hybridized carbons (Fsp3) is 0.296. The average Bonchev–Trinajstić information content (AvgIpc) is 3.56. The number of anilines is 1. The molecule has 0 atom stereocenters. The quantitative estimate of drug-likeness (QED) is 0.182. The van der Waals surface area contributed by atoms with Crippen LogP contribution in [0.3, 0.4) is 0 Å². The molecule has 0 aliphatic carbocycles. The molecule has 12 heteroatoms. The Morgan fingerprint density at radius 1 is 1.13 bits per heavy atom. The summed E-state index contributed by atoms with van der Waals surface area (Å²) in [6, 6.07) is 14.5. The summed E-state index contributed by atoms with van der Waals surface area (Å²) in [5.41, 5.74) is 1.60. The summed E-state index contributed by atoms with van der Waals surface area (Å²) in [5, 5.41) is 19.1. The Bertz CT molecular complexity index is 1420. The number of hydrogen-bond acceptors (Lipinski definition) is 10. The van der Waals surface area contributed by atoms with Gasteiger partial charge in [-0.2, -0.15) is 5.01 Å². The largest absolute Gasteiger partial charge is 0.861 e. The summed E-state index contributed by atoms with van der Waals surface area (Å²) < 4.78 is 15.9. The first-order valence-corrected chi connectivity index (χ1v) is 13.5. The first kappa shape index (κ1) is 26.3. The zero-order valence-corrected chi connectivity index (χ0v) is 22.5. The van der Waals surface area contributed by atoms with Crippen LogP contribution in [0.15, 0.2) is 74.9 Å². The molecule has 1 saturated heterocycles. The van der Waals surface area contributed by atoms with Crippen molar-refractivity contribution in [1.29, 1.82) is 0 Å². The number of methoxy groups -OCH3 is 2. The lowest BCUT2D eigenvalue weighted by atomic mass is 10.1. The van der Waals surface area contributed by atoms with Gasteiger partial charge in [0.1, 0.15) is 5.70 Å². The van der Waals surface area contributed by atoms with Gasteiger partial charge in [-0.25, -0.2) is 9.98 Å². The van der Waals surface area contributed by atoms with Gasteiger partial charge in [-0.3, -0.25) is 14.2 Å². The van der Waals surface area contributed by atoms with Crippen LogP contribution in [0.25, 0.3) is 6.08 Å². The van der Waals surface area contributed by atoms with E-state index in [0.717, 1.165) is 43.3 Å². The van der Waals surface area contributed by atoms with Crippen molar-refractivity contribution in [2.75, 3.05) is 43.0 Å². The van der Waals surface area contributed by atoms with Crippen LogP contribution in [0.1, 0.15) is 24.8 Å². The van der Waals surface area contributed by atoms with Crippen molar-refractivity contribution in [3.63, 3.8) is 0 Å². The fourth-order valence-corrected chi connectivity index (χ4v) is 5.07. The van der Waals surface area contributed by atoms with Crippen LogP contribution in [0.2, 0.25) is 0 Å². The minimum absolute atomic E-state index is 0.0382. The zero-order chi connectivity index (χ0) is 27.2. The minimum Gasteiger partial charge on any atom is -0.861 e. The number of aliphatic imine (C=N–C) groups is 2. The van der Waals surface area contributed by atoms with Crippen molar-refractivity contribution < 1.29 is 28.7 Å². The molecule has 1 aromatic heterocycles. The Balaban J connectivity index is 1.35. The van der Waals surface area contributed by atoms with E-state index in [-0.39, 0.29) is 23.2 Å². The van der Waals surface area contributed by atoms with Gasteiger partial charge in [-0.05, 0) is 61.1 Å². The molecule has 2 aromatic carbocycles. The molecule has 1 amide bonds. The number of hydrogen-bond donors (Lipinski definition) is 0. The van der Waals surface area contributed by atoms with Crippen LogP contribution in [0, 0.1) is 0 Å². The molecule has 202 valence electrons. The molecule has 0 saturated carbocycles. The third kappa shape index (κ3) is 6.06. The van der Waals surface area contributed by atoms with E-state index in [1.54, 1.807) is 43.4 Å². The summed E-state index contributed by atoms with van der Waals surface area (Å²) in [7, 11) is 3.11. The number of amidine groups is 1. The number of thioether (sulfide) groups is 1. The first-order valence-electron chi connectivity index (χ1n) is 12.5. The van der Waals surface area contributed by atoms with Gasteiger partial charge < -0.3 is 14.6 Å². The standard InChI is InChI=1S/C27H28N6O5S/c1-36-22-12-11-19(16-23(22)37-2)15-21-26(35)33(20-9-5-3-6-10-20)27(28-21)39-18-24(34)29-25-17-32(30-38-25)31-13-7-4-8-14-31/h3,5-6,9-12,15-17H,4,7-8,13-14,18H2,1-2H3/b21-15+. The number of rotatable bonds is 8. The van der Waals surface area contributed by atoms with Gasteiger partial charge in [0.05, 0.1) is 37.8 Å². The predicted octanol–water partition coefficient (Wildman–Crippen LogP) is 2.67. The normalized spacial score (nSPS) is 17.1. The van der Waals surface area contributed by atoms with E-state index in [2.05, 4.69) is 15.3 Å². The second kappa shape index (κ2) is 12.0. The van der Waals surface area contributed by atoms with E-state index >= 15 is 0 Å². The Labute approximate surface area is 230 Å². The molecular formula is C27H28N6O5S. The summed E-state index contributed by atoms with van der Waals surface area (Å²) in [6.07, 6.45) is 6.64. The van der Waals surface area contributed by atoms with Crippen molar-refractivity contribution in [2.24, 2.45) is 9.98 Å². The second-order valence-electron chi connectivity index (χ2n) is 8.78. The highest BCUT2D eigenvalue weighted by Crippen LogP contribution is 2.32. The van der Waals surface area contributed by atoms with Crippen molar-refractivity contribution in [3.8, 4) is 11.5 Å². The maximum atomic E-state index is 13.4. The number of amides is 1. The number of aromatic nitrogens is 2. The highest BCUT2D eigenvalue weighted by atomic mass is 32.2. The Hall–Kier alpha value is -4.32. The molecule has 0 unspecified atom stereocenters. The zero-order valence-electron chi connectivity index (χ0n) is 21.6. The molecule has 1 fully saturated rings. The number of piperidine rings is 1. The number of nitrogens with zero attached hydrogens (tertiary/aromatic N) is 6. The lowest BCUT2D eigenvalue weighted by molar-refractivity contribution is -0.759. The third-order valence-corrected chi connectivity index (χ3v) is 7.10. The summed E-state index contributed by atoms with van der Waals surface area (Å²) in [4.78, 5) is 25.1. The van der Waals surface area contributed by atoms with Crippen LogP contribution in [-0.2, 0) is 4.79 Å². The van der Waals surface area contributed by atoms with Gasteiger partial charge in [0.25, 0.3) is 12.1 Å². The van der Waals surface area contributed by atoms with Crippen LogP contribution in [0.4, 0.5) is 11.6 Å². The van der Waals surface area contributed by atoms with E-state index < -0.39 is 5.90 Å². The van der Waals surface area contributed by atoms with Gasteiger partial charge in [0.15, 0.2) is 16.7 Å². The number of para-hydroxylation sites is 1. The van der Waals surface area contributed by atoms with Gasteiger partial charge in [0, 0.05) is 5.75 Å². The third-order valence-electron chi connectivity index (χ3n) is 6.18. The van der Waals surface area contributed by atoms with Gasteiger partial charge in [-0.1, -0.05) is 36.0 Å². The van der Waals surface area contributed by atoms with E-state index in [0.29, 0.717) is 22.4 Å². The SMILES string of the molecule is COc1ccc(/C=C2/N=C(SC/C([O-])=N\c3c[n+](N4CCCCC4)no3)N(c3ccccc3)C2=O)cc1OC. The number of carbonyl (C=O) groups is 1. The second-order valence-corrected chi connectivity index (χ2v) is 9.73.